The normalized spacial score (nSPS) is 32.6. The molecule has 0 aromatic heterocycles. The van der Waals surface area contributed by atoms with Gasteiger partial charge in [-0.25, -0.2) is 0 Å². The number of fused-ring (bicyclic) bond motifs is 2. The molecule has 2 unspecified atom stereocenters. The van der Waals surface area contributed by atoms with E-state index in [1.54, 1.807) is 0 Å². The van der Waals surface area contributed by atoms with Gasteiger partial charge in [0.2, 0.25) is 0 Å². The molecule has 4 rings (SSSR count). The first-order chi connectivity index (χ1) is 10.3. The lowest BCUT2D eigenvalue weighted by atomic mass is 9.97. The van der Waals surface area contributed by atoms with Gasteiger partial charge in [0, 0.05) is 42.6 Å². The van der Waals surface area contributed by atoms with Crippen LogP contribution in [0, 0.1) is 0 Å². The lowest BCUT2D eigenvalue weighted by Gasteiger charge is -2.37. The molecule has 0 aliphatic carbocycles. The summed E-state index contributed by atoms with van der Waals surface area (Å²) < 4.78 is 0. The van der Waals surface area contributed by atoms with E-state index in [4.69, 9.17) is 0 Å². The molecule has 3 fully saturated rings. The van der Waals surface area contributed by atoms with Crippen molar-refractivity contribution in [2.24, 2.45) is 0 Å². The standard InChI is InChI=1S/C18H27N3/c1-20-16-7-8-17(20)13-15(12-16)19-14-5-4-6-18(11-14)21-9-2-3-10-21/h4-6,11,15-17,19H,2-3,7-10,12-13H2,1H3. The molecular weight excluding hydrogens is 258 g/mol. The Balaban J connectivity index is 1.44. The number of rotatable bonds is 3. The number of nitrogens with one attached hydrogen (secondary N) is 1. The van der Waals surface area contributed by atoms with Crippen molar-refractivity contribution in [3.8, 4) is 0 Å². The lowest BCUT2D eigenvalue weighted by Crippen LogP contribution is -2.44. The predicted octanol–water partition coefficient (Wildman–Crippen LogP) is 3.32. The van der Waals surface area contributed by atoms with E-state index in [1.807, 2.05) is 0 Å². The van der Waals surface area contributed by atoms with Crippen molar-refractivity contribution in [1.29, 1.82) is 0 Å². The van der Waals surface area contributed by atoms with Gasteiger partial charge in [-0.15, -0.1) is 0 Å². The van der Waals surface area contributed by atoms with Gasteiger partial charge in [0.1, 0.15) is 0 Å². The molecule has 1 aromatic carbocycles. The monoisotopic (exact) mass is 285 g/mol. The van der Waals surface area contributed by atoms with Gasteiger partial charge < -0.3 is 15.1 Å². The molecule has 21 heavy (non-hydrogen) atoms. The molecule has 0 amide bonds. The largest absolute Gasteiger partial charge is 0.382 e. The summed E-state index contributed by atoms with van der Waals surface area (Å²) in [7, 11) is 2.31. The minimum atomic E-state index is 0.660. The molecule has 2 bridgehead atoms. The van der Waals surface area contributed by atoms with Crippen molar-refractivity contribution in [2.45, 2.75) is 56.7 Å². The van der Waals surface area contributed by atoms with Gasteiger partial charge in [0.25, 0.3) is 0 Å². The van der Waals surface area contributed by atoms with Gasteiger partial charge in [-0.1, -0.05) is 6.07 Å². The van der Waals surface area contributed by atoms with Crippen molar-refractivity contribution < 1.29 is 0 Å². The summed E-state index contributed by atoms with van der Waals surface area (Å²) in [6, 6.07) is 11.3. The highest BCUT2D eigenvalue weighted by Gasteiger charge is 2.38. The number of hydrogen-bond acceptors (Lipinski definition) is 3. The summed E-state index contributed by atoms with van der Waals surface area (Å²) in [5.74, 6) is 0. The lowest BCUT2D eigenvalue weighted by molar-refractivity contribution is 0.169. The Morgan fingerprint density at radius 1 is 1.05 bits per heavy atom. The number of nitrogens with zero attached hydrogens (tertiary/aromatic N) is 2. The van der Waals surface area contributed by atoms with Crippen molar-refractivity contribution in [1.82, 2.24) is 4.90 Å². The maximum absolute atomic E-state index is 3.81. The SMILES string of the molecule is CN1C2CCC1CC(Nc1cccc(N3CCCC3)c1)C2. The quantitative estimate of drug-likeness (QED) is 0.919. The number of benzene rings is 1. The smallest absolute Gasteiger partial charge is 0.0386 e. The Kier molecular flexibility index (Phi) is 3.54. The highest BCUT2D eigenvalue weighted by Crippen LogP contribution is 2.35. The highest BCUT2D eigenvalue weighted by molar-refractivity contribution is 5.58. The van der Waals surface area contributed by atoms with E-state index >= 15 is 0 Å². The fraction of sp³-hybridized carbons (Fsp3) is 0.667. The van der Waals surface area contributed by atoms with Gasteiger partial charge in [-0.3, -0.25) is 0 Å². The third-order valence-corrected chi connectivity index (χ3v) is 5.79. The topological polar surface area (TPSA) is 18.5 Å². The van der Waals surface area contributed by atoms with E-state index in [2.05, 4.69) is 46.4 Å². The third-order valence-electron chi connectivity index (χ3n) is 5.79. The Hall–Kier alpha value is -1.22. The van der Waals surface area contributed by atoms with E-state index in [1.165, 1.54) is 63.0 Å². The van der Waals surface area contributed by atoms with E-state index in [9.17, 15) is 0 Å². The molecule has 3 heterocycles. The molecule has 1 N–H and O–H groups in total. The zero-order valence-corrected chi connectivity index (χ0v) is 13.1. The Labute approximate surface area is 128 Å². The minimum absolute atomic E-state index is 0.660. The first-order valence-corrected chi connectivity index (χ1v) is 8.63. The van der Waals surface area contributed by atoms with Crippen LogP contribution >= 0.6 is 0 Å². The van der Waals surface area contributed by atoms with Crippen LogP contribution in [0.5, 0.6) is 0 Å². The minimum Gasteiger partial charge on any atom is -0.382 e. The molecule has 3 saturated heterocycles. The highest BCUT2D eigenvalue weighted by atomic mass is 15.2. The van der Waals surface area contributed by atoms with Crippen LogP contribution in [0.2, 0.25) is 0 Å². The summed E-state index contributed by atoms with van der Waals surface area (Å²) >= 11 is 0. The molecule has 1 aromatic rings. The van der Waals surface area contributed by atoms with Crippen LogP contribution in [0.15, 0.2) is 24.3 Å². The van der Waals surface area contributed by atoms with Crippen LogP contribution in [0.1, 0.15) is 38.5 Å². The first-order valence-electron chi connectivity index (χ1n) is 8.63. The average molecular weight is 285 g/mol. The molecule has 3 heteroatoms. The van der Waals surface area contributed by atoms with E-state index < -0.39 is 0 Å². The Morgan fingerprint density at radius 3 is 2.48 bits per heavy atom. The van der Waals surface area contributed by atoms with Gasteiger partial charge in [0.15, 0.2) is 0 Å². The second-order valence-corrected chi connectivity index (χ2v) is 7.11. The fourth-order valence-electron chi connectivity index (χ4n) is 4.53. The summed E-state index contributed by atoms with van der Waals surface area (Å²) in [6.07, 6.45) is 8.09. The Bertz CT molecular complexity index is 481. The van der Waals surface area contributed by atoms with Crippen LogP contribution in [0.25, 0.3) is 0 Å². The van der Waals surface area contributed by atoms with Crippen LogP contribution in [0.4, 0.5) is 11.4 Å². The number of anilines is 2. The third kappa shape index (κ3) is 2.64. The van der Waals surface area contributed by atoms with Crippen LogP contribution in [-0.4, -0.2) is 43.2 Å². The first kappa shape index (κ1) is 13.4. The molecule has 0 radical (unpaired) electrons. The zero-order chi connectivity index (χ0) is 14.2. The van der Waals surface area contributed by atoms with Crippen LogP contribution in [-0.2, 0) is 0 Å². The van der Waals surface area contributed by atoms with E-state index in [0.29, 0.717) is 6.04 Å². The molecular formula is C18H27N3. The molecule has 0 saturated carbocycles. The fourth-order valence-corrected chi connectivity index (χ4v) is 4.53. The molecule has 3 aliphatic heterocycles. The van der Waals surface area contributed by atoms with Crippen LogP contribution < -0.4 is 10.2 Å². The van der Waals surface area contributed by atoms with Crippen LogP contribution in [0.3, 0.4) is 0 Å². The summed E-state index contributed by atoms with van der Waals surface area (Å²) in [6.45, 7) is 2.45. The Morgan fingerprint density at radius 2 is 1.76 bits per heavy atom. The second-order valence-electron chi connectivity index (χ2n) is 7.11. The molecule has 0 spiro atoms. The second kappa shape index (κ2) is 5.53. The summed E-state index contributed by atoms with van der Waals surface area (Å²) in [4.78, 5) is 5.13. The zero-order valence-electron chi connectivity index (χ0n) is 13.1. The van der Waals surface area contributed by atoms with Gasteiger partial charge in [-0.05, 0) is 63.8 Å². The predicted molar refractivity (Wildman–Crippen MR) is 89.1 cm³/mol. The maximum Gasteiger partial charge on any atom is 0.0386 e. The number of hydrogen-bond donors (Lipinski definition) is 1. The van der Waals surface area contributed by atoms with Crippen molar-refractivity contribution >= 4 is 11.4 Å². The van der Waals surface area contributed by atoms with Crippen molar-refractivity contribution in [3.63, 3.8) is 0 Å². The molecule has 3 aliphatic rings. The molecule has 114 valence electrons. The summed E-state index contributed by atoms with van der Waals surface area (Å²) in [5.41, 5.74) is 2.71. The van der Waals surface area contributed by atoms with E-state index in [0.717, 1.165) is 12.1 Å². The average Bonchev–Trinajstić information content (AvgIpc) is 3.08. The van der Waals surface area contributed by atoms with E-state index in [-0.39, 0.29) is 0 Å². The van der Waals surface area contributed by atoms with Gasteiger partial charge >= 0.3 is 0 Å². The molecule has 3 nitrogen and oxygen atoms in total. The molecule has 2 atom stereocenters. The maximum atomic E-state index is 3.81. The number of piperidine rings is 1. The van der Waals surface area contributed by atoms with Gasteiger partial charge in [-0.2, -0.15) is 0 Å². The summed E-state index contributed by atoms with van der Waals surface area (Å²) in [5, 5.41) is 3.81. The van der Waals surface area contributed by atoms with Crippen molar-refractivity contribution in [2.75, 3.05) is 30.4 Å². The van der Waals surface area contributed by atoms with Gasteiger partial charge in [0.05, 0.1) is 0 Å². The van der Waals surface area contributed by atoms with Crippen molar-refractivity contribution in [3.05, 3.63) is 24.3 Å².